The smallest absolute Gasteiger partial charge is 0.215 e. The van der Waals surface area contributed by atoms with Crippen molar-refractivity contribution in [1.29, 1.82) is 0 Å². The number of hydrogen-bond donors (Lipinski definition) is 2. The normalized spacial score (nSPS) is 26.8. The molecule has 96 valence electrons. The highest BCUT2D eigenvalue weighted by atomic mass is 32.2. The molecule has 6 nitrogen and oxygen atoms in total. The molecule has 1 rings (SSSR count). The predicted molar refractivity (Wildman–Crippen MR) is 60.2 cm³/mol. The molecule has 0 aromatic carbocycles. The summed E-state index contributed by atoms with van der Waals surface area (Å²) in [5.74, 6) is -0.531. The number of aliphatic hydroxyl groups is 1. The van der Waals surface area contributed by atoms with Crippen molar-refractivity contribution in [2.45, 2.75) is 18.6 Å². The molecule has 0 amide bonds. The van der Waals surface area contributed by atoms with Crippen LogP contribution in [0.15, 0.2) is 0 Å². The average Bonchev–Trinajstić information content (AvgIpc) is 2.56. The highest BCUT2D eigenvalue weighted by Crippen LogP contribution is 2.18. The summed E-state index contributed by atoms with van der Waals surface area (Å²) in [4.78, 5) is 0. The SMILES string of the molecule is CC(CO)CNS(=O)(=O)C1CCS(=O)(=O)C1. The Kier molecular flexibility index (Phi) is 4.33. The van der Waals surface area contributed by atoms with Crippen LogP contribution in [0.3, 0.4) is 0 Å². The van der Waals surface area contributed by atoms with Gasteiger partial charge in [-0.3, -0.25) is 0 Å². The van der Waals surface area contributed by atoms with Crippen LogP contribution in [0.25, 0.3) is 0 Å². The molecule has 0 bridgehead atoms. The number of rotatable bonds is 5. The molecule has 2 atom stereocenters. The topological polar surface area (TPSA) is 101 Å². The van der Waals surface area contributed by atoms with E-state index in [4.69, 9.17) is 5.11 Å². The summed E-state index contributed by atoms with van der Waals surface area (Å²) in [6, 6.07) is 0. The van der Waals surface area contributed by atoms with Crippen molar-refractivity contribution in [2.75, 3.05) is 24.7 Å². The third-order valence-corrected chi connectivity index (χ3v) is 6.40. The first-order valence-corrected chi connectivity index (χ1v) is 8.43. The lowest BCUT2D eigenvalue weighted by Gasteiger charge is -2.13. The standard InChI is InChI=1S/C8H17NO5S2/c1-7(5-10)4-9-16(13,14)8-2-3-15(11,12)6-8/h7-10H,2-6H2,1H3. The summed E-state index contributed by atoms with van der Waals surface area (Å²) in [6.07, 6.45) is 0.158. The molecule has 0 aromatic heterocycles. The van der Waals surface area contributed by atoms with E-state index in [-0.39, 0.29) is 37.0 Å². The second kappa shape index (κ2) is 4.99. The molecule has 1 fully saturated rings. The van der Waals surface area contributed by atoms with Crippen LogP contribution in [-0.4, -0.2) is 51.8 Å². The number of nitrogens with one attached hydrogen (secondary N) is 1. The fourth-order valence-corrected chi connectivity index (χ4v) is 5.66. The lowest BCUT2D eigenvalue weighted by Crippen LogP contribution is -2.37. The van der Waals surface area contributed by atoms with Crippen molar-refractivity contribution < 1.29 is 21.9 Å². The van der Waals surface area contributed by atoms with Gasteiger partial charge in [0.15, 0.2) is 9.84 Å². The van der Waals surface area contributed by atoms with Gasteiger partial charge >= 0.3 is 0 Å². The van der Waals surface area contributed by atoms with Crippen molar-refractivity contribution >= 4 is 19.9 Å². The summed E-state index contributed by atoms with van der Waals surface area (Å²) in [5.41, 5.74) is 0. The van der Waals surface area contributed by atoms with E-state index >= 15 is 0 Å². The molecule has 0 saturated carbocycles. The van der Waals surface area contributed by atoms with Crippen molar-refractivity contribution in [1.82, 2.24) is 4.72 Å². The first kappa shape index (κ1) is 13.9. The Morgan fingerprint density at radius 1 is 1.50 bits per heavy atom. The number of sulfone groups is 1. The molecule has 1 aliphatic rings. The summed E-state index contributed by atoms with van der Waals surface area (Å²) in [5, 5.41) is 7.91. The monoisotopic (exact) mass is 271 g/mol. The molecule has 0 aromatic rings. The Morgan fingerprint density at radius 2 is 2.12 bits per heavy atom. The first-order chi connectivity index (χ1) is 7.27. The third kappa shape index (κ3) is 3.69. The molecule has 2 unspecified atom stereocenters. The van der Waals surface area contributed by atoms with Crippen LogP contribution in [0.4, 0.5) is 0 Å². The predicted octanol–water partition coefficient (Wildman–Crippen LogP) is -1.28. The van der Waals surface area contributed by atoms with E-state index in [1.807, 2.05) is 0 Å². The largest absolute Gasteiger partial charge is 0.396 e. The minimum Gasteiger partial charge on any atom is -0.396 e. The third-order valence-electron chi connectivity index (χ3n) is 2.57. The fourth-order valence-electron chi connectivity index (χ4n) is 1.45. The van der Waals surface area contributed by atoms with Gasteiger partial charge in [0.25, 0.3) is 0 Å². The summed E-state index contributed by atoms with van der Waals surface area (Å²) < 4.78 is 48.0. The van der Waals surface area contributed by atoms with Gasteiger partial charge in [0.1, 0.15) is 0 Å². The van der Waals surface area contributed by atoms with Gasteiger partial charge in [-0.15, -0.1) is 0 Å². The lowest BCUT2D eigenvalue weighted by atomic mass is 10.2. The van der Waals surface area contributed by atoms with E-state index < -0.39 is 25.1 Å². The van der Waals surface area contributed by atoms with Crippen molar-refractivity contribution in [3.8, 4) is 0 Å². The van der Waals surface area contributed by atoms with E-state index in [0.717, 1.165) is 0 Å². The first-order valence-electron chi connectivity index (χ1n) is 5.06. The van der Waals surface area contributed by atoms with E-state index in [1.165, 1.54) is 0 Å². The van der Waals surface area contributed by atoms with Gasteiger partial charge in [-0.1, -0.05) is 6.92 Å². The summed E-state index contributed by atoms with van der Waals surface area (Å²) >= 11 is 0. The maximum absolute atomic E-state index is 11.7. The van der Waals surface area contributed by atoms with E-state index in [1.54, 1.807) is 6.92 Å². The maximum Gasteiger partial charge on any atom is 0.215 e. The van der Waals surface area contributed by atoms with Crippen molar-refractivity contribution in [2.24, 2.45) is 5.92 Å². The molecule has 0 spiro atoms. The fraction of sp³-hybridized carbons (Fsp3) is 1.00. The van der Waals surface area contributed by atoms with Crippen LogP contribution in [0.1, 0.15) is 13.3 Å². The Morgan fingerprint density at radius 3 is 2.56 bits per heavy atom. The average molecular weight is 271 g/mol. The quantitative estimate of drug-likeness (QED) is 0.649. The lowest BCUT2D eigenvalue weighted by molar-refractivity contribution is 0.238. The van der Waals surface area contributed by atoms with Crippen LogP contribution in [0.5, 0.6) is 0 Å². The molecule has 0 radical (unpaired) electrons. The minimum absolute atomic E-state index is 0.0614. The minimum atomic E-state index is -3.58. The van der Waals surface area contributed by atoms with Gasteiger partial charge in [0, 0.05) is 13.2 Å². The molecule has 0 aliphatic carbocycles. The molecule has 16 heavy (non-hydrogen) atoms. The van der Waals surface area contributed by atoms with E-state index in [0.29, 0.717) is 0 Å². The van der Waals surface area contributed by atoms with Crippen LogP contribution in [0, 0.1) is 5.92 Å². The van der Waals surface area contributed by atoms with E-state index in [9.17, 15) is 16.8 Å². The maximum atomic E-state index is 11.7. The zero-order chi connectivity index (χ0) is 12.4. The van der Waals surface area contributed by atoms with Crippen LogP contribution in [0.2, 0.25) is 0 Å². The van der Waals surface area contributed by atoms with Gasteiger partial charge < -0.3 is 5.11 Å². The highest BCUT2D eigenvalue weighted by Gasteiger charge is 2.36. The van der Waals surface area contributed by atoms with Crippen molar-refractivity contribution in [3.05, 3.63) is 0 Å². The molecular weight excluding hydrogens is 254 g/mol. The number of aliphatic hydroxyl groups excluding tert-OH is 1. The molecule has 1 aliphatic heterocycles. The Balaban J connectivity index is 2.59. The van der Waals surface area contributed by atoms with Crippen LogP contribution < -0.4 is 4.72 Å². The molecule has 2 N–H and O–H groups in total. The Bertz CT molecular complexity index is 427. The highest BCUT2D eigenvalue weighted by molar-refractivity contribution is 7.95. The van der Waals surface area contributed by atoms with Gasteiger partial charge in [-0.05, 0) is 12.3 Å². The number of sulfonamides is 1. The Hall–Kier alpha value is -0.180. The Labute approximate surface area is 96.0 Å². The molecular formula is C8H17NO5S2. The van der Waals surface area contributed by atoms with Gasteiger partial charge in [-0.25, -0.2) is 21.6 Å². The van der Waals surface area contributed by atoms with Crippen LogP contribution >= 0.6 is 0 Å². The molecule has 1 saturated heterocycles. The molecule has 8 heteroatoms. The zero-order valence-corrected chi connectivity index (χ0v) is 10.7. The molecule has 1 heterocycles. The summed E-state index contributed by atoms with van der Waals surface area (Å²) in [7, 11) is -6.77. The second-order valence-electron chi connectivity index (χ2n) is 4.21. The summed E-state index contributed by atoms with van der Waals surface area (Å²) in [6.45, 7) is 1.73. The van der Waals surface area contributed by atoms with Crippen LogP contribution in [-0.2, 0) is 19.9 Å². The van der Waals surface area contributed by atoms with Gasteiger partial charge in [0.2, 0.25) is 10.0 Å². The number of hydrogen-bond acceptors (Lipinski definition) is 5. The van der Waals surface area contributed by atoms with Crippen molar-refractivity contribution in [3.63, 3.8) is 0 Å². The van der Waals surface area contributed by atoms with E-state index in [2.05, 4.69) is 4.72 Å². The zero-order valence-electron chi connectivity index (χ0n) is 9.09. The van der Waals surface area contributed by atoms with Gasteiger partial charge in [-0.2, -0.15) is 0 Å². The van der Waals surface area contributed by atoms with Gasteiger partial charge in [0.05, 0.1) is 16.8 Å². The second-order valence-corrected chi connectivity index (χ2v) is 8.48.